The molecule has 0 saturated carbocycles. The number of nitrogens with one attached hydrogen (secondary N) is 2. The molecule has 2 aromatic carbocycles. The summed E-state index contributed by atoms with van der Waals surface area (Å²) in [7, 11) is 2.74. The highest BCUT2D eigenvalue weighted by Crippen LogP contribution is 2.27. The van der Waals surface area contributed by atoms with E-state index in [1.807, 2.05) is 31.2 Å². The summed E-state index contributed by atoms with van der Waals surface area (Å²) in [5.41, 5.74) is 1.75. The van der Waals surface area contributed by atoms with Crippen molar-refractivity contribution in [3.05, 3.63) is 53.6 Å². The van der Waals surface area contributed by atoms with Crippen LogP contribution in [-0.2, 0) is 23.0 Å². The topological polar surface area (TPSA) is 92.3 Å². The van der Waals surface area contributed by atoms with Crippen LogP contribution < -0.4 is 20.1 Å². The number of rotatable bonds is 10. The maximum atomic E-state index is 12.6. The van der Waals surface area contributed by atoms with Crippen molar-refractivity contribution in [1.29, 1.82) is 0 Å². The van der Waals surface area contributed by atoms with Crippen molar-refractivity contribution in [3.8, 4) is 11.5 Å². The third kappa shape index (κ3) is 6.60. The highest BCUT2D eigenvalue weighted by Gasteiger charge is 2.20. The van der Waals surface area contributed by atoms with Gasteiger partial charge in [-0.1, -0.05) is 24.3 Å². The third-order valence-corrected chi connectivity index (χ3v) is 6.55. The molecule has 31 heavy (non-hydrogen) atoms. The smallest absolute Gasteiger partial charge is 0.242 e. The lowest BCUT2D eigenvalue weighted by Crippen LogP contribution is -2.38. The zero-order valence-corrected chi connectivity index (χ0v) is 19.6. The molecule has 0 aliphatic heterocycles. The Morgan fingerprint density at radius 2 is 1.74 bits per heavy atom. The molecule has 170 valence electrons. The predicted octanol–water partition coefficient (Wildman–Crippen LogP) is 2.25. The summed E-state index contributed by atoms with van der Waals surface area (Å²) in [5, 5.41) is 6.49. The molecule has 0 saturated heterocycles. The molecule has 2 rings (SSSR count). The van der Waals surface area contributed by atoms with Crippen LogP contribution in [0.3, 0.4) is 0 Å². The minimum atomic E-state index is -3.53. The summed E-state index contributed by atoms with van der Waals surface area (Å²) in [6, 6.07) is 12.8. The Balaban J connectivity index is 2.09. The van der Waals surface area contributed by atoms with Gasteiger partial charge in [-0.05, 0) is 42.7 Å². The van der Waals surface area contributed by atoms with Crippen molar-refractivity contribution >= 4 is 16.0 Å². The fraction of sp³-hybridized carbons (Fsp3) is 0.409. The van der Waals surface area contributed by atoms with Gasteiger partial charge in [0.05, 0.1) is 25.7 Å². The van der Waals surface area contributed by atoms with Crippen LogP contribution >= 0.6 is 0 Å². The summed E-state index contributed by atoms with van der Waals surface area (Å²) < 4.78 is 37.0. The SMILES string of the molecule is CCNC(=NCc1ccccc1S(=O)(=O)N(C)C)NCCc1ccc(OC)c(OC)c1. The molecule has 0 amide bonds. The lowest BCUT2D eigenvalue weighted by molar-refractivity contribution is 0.354. The van der Waals surface area contributed by atoms with Gasteiger partial charge in [-0.15, -0.1) is 0 Å². The van der Waals surface area contributed by atoms with E-state index in [0.717, 1.165) is 12.0 Å². The van der Waals surface area contributed by atoms with E-state index >= 15 is 0 Å². The number of guanidine groups is 1. The molecule has 9 heteroatoms. The normalized spacial score (nSPS) is 12.0. The van der Waals surface area contributed by atoms with Crippen LogP contribution in [-0.4, -0.2) is 60.1 Å². The highest BCUT2D eigenvalue weighted by atomic mass is 32.2. The molecule has 0 aliphatic carbocycles. The number of nitrogens with zero attached hydrogens (tertiary/aromatic N) is 2. The molecule has 2 N–H and O–H groups in total. The largest absolute Gasteiger partial charge is 0.493 e. The lowest BCUT2D eigenvalue weighted by Gasteiger charge is -2.15. The summed E-state index contributed by atoms with van der Waals surface area (Å²) in [6.45, 7) is 3.57. The van der Waals surface area contributed by atoms with Gasteiger partial charge < -0.3 is 20.1 Å². The number of sulfonamides is 1. The van der Waals surface area contributed by atoms with Gasteiger partial charge in [0.2, 0.25) is 10.0 Å². The van der Waals surface area contributed by atoms with E-state index in [-0.39, 0.29) is 11.4 Å². The molecule has 0 atom stereocenters. The van der Waals surface area contributed by atoms with Crippen LogP contribution in [0.5, 0.6) is 11.5 Å². The van der Waals surface area contributed by atoms with Crippen LogP contribution in [0, 0.1) is 0 Å². The molecule has 0 unspecified atom stereocenters. The minimum absolute atomic E-state index is 0.245. The van der Waals surface area contributed by atoms with Crippen molar-refractivity contribution < 1.29 is 17.9 Å². The van der Waals surface area contributed by atoms with Crippen LogP contribution in [0.15, 0.2) is 52.4 Å². The molecule has 8 nitrogen and oxygen atoms in total. The average molecular weight is 449 g/mol. The second kappa shape index (κ2) is 11.6. The van der Waals surface area contributed by atoms with Gasteiger partial charge in [0, 0.05) is 27.2 Å². The third-order valence-electron chi connectivity index (χ3n) is 4.64. The zero-order chi connectivity index (χ0) is 22.9. The Labute approximate surface area is 185 Å². The van der Waals surface area contributed by atoms with Gasteiger partial charge in [-0.3, -0.25) is 0 Å². The van der Waals surface area contributed by atoms with Crippen LogP contribution in [0.4, 0.5) is 0 Å². The van der Waals surface area contributed by atoms with Crippen LogP contribution in [0.25, 0.3) is 0 Å². The summed E-state index contributed by atoms with van der Waals surface area (Å²) in [4.78, 5) is 4.84. The first-order valence-corrected chi connectivity index (χ1v) is 11.5. The van der Waals surface area contributed by atoms with Crippen molar-refractivity contribution in [1.82, 2.24) is 14.9 Å². The zero-order valence-electron chi connectivity index (χ0n) is 18.8. The van der Waals surface area contributed by atoms with E-state index in [2.05, 4.69) is 15.6 Å². The Kier molecular flexibility index (Phi) is 9.14. The summed E-state index contributed by atoms with van der Waals surface area (Å²) in [6.07, 6.45) is 0.760. The fourth-order valence-corrected chi connectivity index (χ4v) is 4.06. The Hall–Kier alpha value is -2.78. The monoisotopic (exact) mass is 448 g/mol. The van der Waals surface area contributed by atoms with Gasteiger partial charge in [-0.25, -0.2) is 17.7 Å². The first kappa shape index (κ1) is 24.5. The second-order valence-corrected chi connectivity index (χ2v) is 9.08. The molecule has 0 fully saturated rings. The van der Waals surface area contributed by atoms with Crippen LogP contribution in [0.1, 0.15) is 18.1 Å². The number of benzene rings is 2. The maximum absolute atomic E-state index is 12.6. The fourth-order valence-electron chi connectivity index (χ4n) is 2.95. The minimum Gasteiger partial charge on any atom is -0.493 e. The highest BCUT2D eigenvalue weighted by molar-refractivity contribution is 7.89. The first-order valence-electron chi connectivity index (χ1n) is 10.1. The molecular weight excluding hydrogens is 416 g/mol. The molecule has 0 heterocycles. The number of hydrogen-bond donors (Lipinski definition) is 2. The first-order chi connectivity index (χ1) is 14.8. The standard InChI is InChI=1S/C22H32N4O4S/c1-6-23-22(24-14-13-17-11-12-19(29-4)20(15-17)30-5)25-16-18-9-7-8-10-21(18)31(27,28)26(2)3/h7-12,15H,6,13-14,16H2,1-5H3,(H2,23,24,25). The van der Waals surface area contributed by atoms with Crippen molar-refractivity contribution in [3.63, 3.8) is 0 Å². The molecule has 0 spiro atoms. The van der Waals surface area contributed by atoms with Gasteiger partial charge in [0.25, 0.3) is 0 Å². The number of ether oxygens (including phenoxy) is 2. The molecular formula is C22H32N4O4S. The molecule has 0 aliphatic rings. The number of aliphatic imine (C=N–C) groups is 1. The van der Waals surface area contributed by atoms with E-state index in [0.29, 0.717) is 36.1 Å². The van der Waals surface area contributed by atoms with E-state index in [9.17, 15) is 8.42 Å². The molecule has 2 aromatic rings. The van der Waals surface area contributed by atoms with Crippen molar-refractivity contribution in [2.24, 2.45) is 4.99 Å². The van der Waals surface area contributed by atoms with Gasteiger partial charge in [-0.2, -0.15) is 0 Å². The molecule has 0 bridgehead atoms. The average Bonchev–Trinajstić information content (AvgIpc) is 2.77. The predicted molar refractivity (Wildman–Crippen MR) is 123 cm³/mol. The molecule has 0 radical (unpaired) electrons. The number of methoxy groups -OCH3 is 2. The summed E-state index contributed by atoms with van der Waals surface area (Å²) >= 11 is 0. The van der Waals surface area contributed by atoms with Gasteiger partial charge >= 0.3 is 0 Å². The van der Waals surface area contributed by atoms with Gasteiger partial charge in [0.1, 0.15) is 0 Å². The van der Waals surface area contributed by atoms with E-state index in [4.69, 9.17) is 9.47 Å². The van der Waals surface area contributed by atoms with Crippen LogP contribution in [0.2, 0.25) is 0 Å². The Morgan fingerprint density at radius 3 is 2.39 bits per heavy atom. The molecule has 0 aromatic heterocycles. The van der Waals surface area contributed by atoms with E-state index in [1.54, 1.807) is 32.4 Å². The lowest BCUT2D eigenvalue weighted by atomic mass is 10.1. The Bertz CT molecular complexity index is 991. The van der Waals surface area contributed by atoms with E-state index < -0.39 is 10.0 Å². The quantitative estimate of drug-likeness (QED) is 0.428. The summed E-state index contributed by atoms with van der Waals surface area (Å²) in [5.74, 6) is 2.01. The second-order valence-electron chi connectivity index (χ2n) is 6.96. The van der Waals surface area contributed by atoms with E-state index in [1.165, 1.54) is 18.4 Å². The Morgan fingerprint density at radius 1 is 1.03 bits per heavy atom. The van der Waals surface area contributed by atoms with Crippen molar-refractivity contribution in [2.75, 3.05) is 41.4 Å². The number of hydrogen-bond acceptors (Lipinski definition) is 5. The van der Waals surface area contributed by atoms with Gasteiger partial charge in [0.15, 0.2) is 17.5 Å². The van der Waals surface area contributed by atoms with Crippen molar-refractivity contribution in [2.45, 2.75) is 24.8 Å². The maximum Gasteiger partial charge on any atom is 0.242 e.